The Bertz CT molecular complexity index is 760. The van der Waals surface area contributed by atoms with Crippen LogP contribution in [0.4, 0.5) is 5.69 Å². The molecule has 2 rings (SSSR count). The average Bonchev–Trinajstić information content (AvgIpc) is 2.40. The summed E-state index contributed by atoms with van der Waals surface area (Å²) in [5.74, 6) is 0. The molecular formula is C12H9N3O3. The summed E-state index contributed by atoms with van der Waals surface area (Å²) in [6.45, 7) is 0. The van der Waals surface area contributed by atoms with Crippen LogP contribution in [0.25, 0.3) is 0 Å². The second-order valence-corrected chi connectivity index (χ2v) is 3.45. The van der Waals surface area contributed by atoms with Crippen molar-refractivity contribution in [2.45, 2.75) is 0 Å². The van der Waals surface area contributed by atoms with E-state index in [9.17, 15) is 9.59 Å². The topological polar surface area (TPSA) is 91.1 Å². The van der Waals surface area contributed by atoms with E-state index < -0.39 is 16.2 Å². The van der Waals surface area contributed by atoms with Crippen LogP contribution in [0.2, 0.25) is 0 Å². The normalized spacial score (nSPS) is 12.7. The molecule has 0 unspecified atom stereocenters. The number of anilines is 1. The van der Waals surface area contributed by atoms with E-state index in [1.807, 2.05) is 18.2 Å². The van der Waals surface area contributed by atoms with Gasteiger partial charge < -0.3 is 5.21 Å². The molecule has 18 heavy (non-hydrogen) atoms. The monoisotopic (exact) mass is 243 g/mol. The maximum Gasteiger partial charge on any atom is 0.238 e. The molecule has 0 spiro atoms. The van der Waals surface area contributed by atoms with Gasteiger partial charge in [0.05, 0.1) is 5.69 Å². The van der Waals surface area contributed by atoms with E-state index in [0.29, 0.717) is 5.69 Å². The van der Waals surface area contributed by atoms with Gasteiger partial charge in [-0.25, -0.2) is 0 Å². The SMILES string of the molecule is O=c1cc/c(=N\Nc2ccccc2)c(=O)/c1=N/O. The van der Waals surface area contributed by atoms with E-state index in [2.05, 4.69) is 15.7 Å². The van der Waals surface area contributed by atoms with E-state index in [1.54, 1.807) is 12.1 Å². The maximum absolute atomic E-state index is 11.7. The van der Waals surface area contributed by atoms with Crippen LogP contribution in [0, 0.1) is 0 Å². The Morgan fingerprint density at radius 2 is 1.72 bits per heavy atom. The first kappa shape index (κ1) is 11.7. The fourth-order valence-electron chi connectivity index (χ4n) is 1.36. The molecule has 0 bridgehead atoms. The Hall–Kier alpha value is -2.76. The molecular weight excluding hydrogens is 234 g/mol. The largest absolute Gasteiger partial charge is 0.410 e. The molecule has 6 heteroatoms. The third-order valence-electron chi connectivity index (χ3n) is 2.25. The highest BCUT2D eigenvalue weighted by molar-refractivity contribution is 5.41. The van der Waals surface area contributed by atoms with Crippen LogP contribution >= 0.6 is 0 Å². The first-order valence-corrected chi connectivity index (χ1v) is 5.10. The third kappa shape index (κ3) is 2.32. The van der Waals surface area contributed by atoms with Gasteiger partial charge in [-0.05, 0) is 24.3 Å². The molecule has 0 saturated carbocycles. The van der Waals surface area contributed by atoms with Crippen LogP contribution in [0.5, 0.6) is 0 Å². The lowest BCUT2D eigenvalue weighted by Crippen LogP contribution is -2.47. The summed E-state index contributed by atoms with van der Waals surface area (Å²) in [5, 5.41) is 14.6. The number of hydrogen-bond donors (Lipinski definition) is 2. The molecule has 0 atom stereocenters. The lowest BCUT2D eigenvalue weighted by Gasteiger charge is -1.97. The Labute approximate surface area is 101 Å². The molecule has 0 saturated heterocycles. The van der Waals surface area contributed by atoms with Crippen LogP contribution in [0.1, 0.15) is 0 Å². The standard InChI is InChI=1S/C12H9N3O3/c16-10-7-6-9(12(17)11(10)15-18)14-13-8-4-2-1-3-5-8/h1-7,13,18H/b14-9+,15-11+. The van der Waals surface area contributed by atoms with Gasteiger partial charge in [0.25, 0.3) is 0 Å². The van der Waals surface area contributed by atoms with Crippen molar-refractivity contribution >= 4 is 5.69 Å². The number of rotatable bonds is 2. The molecule has 0 heterocycles. The zero-order valence-electron chi connectivity index (χ0n) is 9.20. The van der Waals surface area contributed by atoms with Gasteiger partial charge in [0.1, 0.15) is 5.36 Å². The minimum atomic E-state index is -0.714. The van der Waals surface area contributed by atoms with Crippen LogP contribution in [-0.4, -0.2) is 5.21 Å². The molecule has 0 radical (unpaired) electrons. The minimum absolute atomic E-state index is 0.00579. The number of para-hydroxylation sites is 1. The van der Waals surface area contributed by atoms with Crippen molar-refractivity contribution in [2.75, 3.05) is 5.43 Å². The van der Waals surface area contributed by atoms with Crippen molar-refractivity contribution in [3.05, 3.63) is 73.6 Å². The maximum atomic E-state index is 11.7. The van der Waals surface area contributed by atoms with Gasteiger partial charge in [-0.2, -0.15) is 5.10 Å². The minimum Gasteiger partial charge on any atom is -0.410 e. The van der Waals surface area contributed by atoms with E-state index >= 15 is 0 Å². The fourth-order valence-corrected chi connectivity index (χ4v) is 1.36. The van der Waals surface area contributed by atoms with Gasteiger partial charge in [0.2, 0.25) is 10.9 Å². The summed E-state index contributed by atoms with van der Waals surface area (Å²) >= 11 is 0. The molecule has 0 aliphatic rings. The number of benzene rings is 2. The predicted octanol–water partition coefficient (Wildman–Crippen LogP) is -0.500. The van der Waals surface area contributed by atoms with Crippen LogP contribution in [0.3, 0.4) is 0 Å². The fraction of sp³-hybridized carbons (Fsp3) is 0. The van der Waals surface area contributed by atoms with Crippen molar-refractivity contribution in [2.24, 2.45) is 10.3 Å². The van der Waals surface area contributed by atoms with Gasteiger partial charge in [-0.3, -0.25) is 15.0 Å². The third-order valence-corrected chi connectivity index (χ3v) is 2.25. The molecule has 2 aromatic rings. The van der Waals surface area contributed by atoms with Gasteiger partial charge >= 0.3 is 0 Å². The number of nitrogens with one attached hydrogen (secondary N) is 1. The Balaban J connectivity index is 2.48. The van der Waals surface area contributed by atoms with Gasteiger partial charge in [-0.1, -0.05) is 23.4 Å². The van der Waals surface area contributed by atoms with E-state index in [-0.39, 0.29) is 5.36 Å². The summed E-state index contributed by atoms with van der Waals surface area (Å²) in [6, 6.07) is 11.4. The Morgan fingerprint density at radius 1 is 1.00 bits per heavy atom. The quantitative estimate of drug-likeness (QED) is 0.549. The first-order chi connectivity index (χ1) is 8.72. The van der Waals surface area contributed by atoms with Crippen LogP contribution < -0.4 is 27.0 Å². The summed E-state index contributed by atoms with van der Waals surface area (Å²) in [6.07, 6.45) is 0. The number of nitrogens with zero attached hydrogens (tertiary/aromatic N) is 2. The average molecular weight is 243 g/mol. The van der Waals surface area contributed by atoms with E-state index in [1.165, 1.54) is 6.07 Å². The lowest BCUT2D eigenvalue weighted by atomic mass is 10.3. The van der Waals surface area contributed by atoms with Crippen LogP contribution in [0.15, 0.2) is 62.3 Å². The summed E-state index contributed by atoms with van der Waals surface area (Å²) < 4.78 is 0. The second-order valence-electron chi connectivity index (χ2n) is 3.45. The van der Waals surface area contributed by atoms with Crippen LogP contribution in [-0.2, 0) is 0 Å². The molecule has 6 nitrogen and oxygen atoms in total. The van der Waals surface area contributed by atoms with Gasteiger partial charge in [0.15, 0.2) is 5.36 Å². The Kier molecular flexibility index (Phi) is 3.29. The summed E-state index contributed by atoms with van der Waals surface area (Å²) in [7, 11) is 0. The van der Waals surface area contributed by atoms with Crippen molar-refractivity contribution in [1.82, 2.24) is 0 Å². The van der Waals surface area contributed by atoms with E-state index in [0.717, 1.165) is 6.07 Å². The molecule has 0 amide bonds. The lowest BCUT2D eigenvalue weighted by molar-refractivity contribution is 0.300. The highest BCUT2D eigenvalue weighted by atomic mass is 16.4. The zero-order chi connectivity index (χ0) is 13.0. The van der Waals surface area contributed by atoms with Crippen molar-refractivity contribution < 1.29 is 5.21 Å². The molecule has 0 aliphatic carbocycles. The van der Waals surface area contributed by atoms with E-state index in [4.69, 9.17) is 5.21 Å². The first-order valence-electron chi connectivity index (χ1n) is 5.10. The summed E-state index contributed by atoms with van der Waals surface area (Å²) in [5.41, 5.74) is 2.02. The molecule has 90 valence electrons. The molecule has 2 aromatic carbocycles. The molecule has 0 fully saturated rings. The highest BCUT2D eigenvalue weighted by Gasteiger charge is 2.00. The zero-order valence-corrected chi connectivity index (χ0v) is 9.20. The van der Waals surface area contributed by atoms with Gasteiger partial charge in [-0.15, -0.1) is 0 Å². The Morgan fingerprint density at radius 3 is 2.39 bits per heavy atom. The molecule has 0 aliphatic heterocycles. The van der Waals surface area contributed by atoms with Crippen molar-refractivity contribution in [1.29, 1.82) is 0 Å². The molecule has 2 N–H and O–H groups in total. The van der Waals surface area contributed by atoms with Crippen molar-refractivity contribution in [3.63, 3.8) is 0 Å². The smallest absolute Gasteiger partial charge is 0.238 e. The van der Waals surface area contributed by atoms with Crippen molar-refractivity contribution in [3.8, 4) is 0 Å². The second kappa shape index (κ2) is 5.05. The van der Waals surface area contributed by atoms with Gasteiger partial charge in [0, 0.05) is 0 Å². The number of hydrogen-bond acceptors (Lipinski definition) is 6. The highest BCUT2D eigenvalue weighted by Crippen LogP contribution is 2.03. The summed E-state index contributed by atoms with van der Waals surface area (Å²) in [4.78, 5) is 22.8. The predicted molar refractivity (Wildman–Crippen MR) is 64.3 cm³/mol. The molecule has 0 aromatic heterocycles.